The average molecular weight is 280 g/mol. The number of hydrogen-bond acceptors (Lipinski definition) is 1. The Morgan fingerprint density at radius 1 is 1.05 bits per heavy atom. The van der Waals surface area contributed by atoms with Crippen LogP contribution in [-0.2, 0) is 6.42 Å². The van der Waals surface area contributed by atoms with Crippen LogP contribution in [0.1, 0.15) is 55.8 Å². The molecule has 4 unspecified atom stereocenters. The topological polar surface area (TPSA) is 27.8 Å². The predicted molar refractivity (Wildman–Crippen MR) is 86.3 cm³/mol. The molecule has 0 amide bonds. The predicted octanol–water partition coefficient (Wildman–Crippen LogP) is 4.32. The van der Waals surface area contributed by atoms with Crippen molar-refractivity contribution in [2.75, 3.05) is 0 Å². The van der Waals surface area contributed by atoms with Crippen LogP contribution in [0.4, 0.5) is 0 Å². The number of para-hydroxylation sites is 1. The van der Waals surface area contributed by atoms with Gasteiger partial charge in [-0.25, -0.2) is 0 Å². The third-order valence-corrected chi connectivity index (χ3v) is 6.27. The Bertz CT molecular complexity index is 671. The van der Waals surface area contributed by atoms with Gasteiger partial charge in [-0.1, -0.05) is 24.6 Å². The van der Waals surface area contributed by atoms with Crippen molar-refractivity contribution in [2.45, 2.75) is 57.0 Å². The molecule has 2 saturated carbocycles. The van der Waals surface area contributed by atoms with Gasteiger partial charge in [0.05, 0.1) is 0 Å². The summed E-state index contributed by atoms with van der Waals surface area (Å²) in [6.45, 7) is 0. The van der Waals surface area contributed by atoms with Gasteiger partial charge in [0.25, 0.3) is 0 Å². The maximum Gasteiger partial charge on any atom is 0.0478 e. The molecule has 0 radical (unpaired) electrons. The summed E-state index contributed by atoms with van der Waals surface area (Å²) in [7, 11) is 0. The van der Waals surface area contributed by atoms with Gasteiger partial charge in [0.15, 0.2) is 0 Å². The molecule has 1 heterocycles. The Hall–Kier alpha value is -1.28. The first-order valence-corrected chi connectivity index (χ1v) is 8.74. The van der Waals surface area contributed by atoms with E-state index >= 15 is 0 Å². The normalized spacial score (nSPS) is 34.5. The number of nitrogens with one attached hydrogen (secondary N) is 2. The lowest BCUT2D eigenvalue weighted by Gasteiger charge is -2.31. The second-order valence-corrected chi connectivity index (χ2v) is 7.46. The highest BCUT2D eigenvalue weighted by atomic mass is 15.0. The Morgan fingerprint density at radius 2 is 2.00 bits per heavy atom. The summed E-state index contributed by atoms with van der Waals surface area (Å²) in [5.74, 6) is 1.99. The molecule has 1 aromatic carbocycles. The number of H-pyrrole nitrogens is 1. The van der Waals surface area contributed by atoms with Gasteiger partial charge in [-0.2, -0.15) is 0 Å². The van der Waals surface area contributed by atoms with Crippen molar-refractivity contribution in [1.29, 1.82) is 0 Å². The molecule has 4 atom stereocenters. The maximum atomic E-state index is 4.04. The maximum absolute atomic E-state index is 4.04. The van der Waals surface area contributed by atoms with E-state index in [4.69, 9.17) is 0 Å². The number of hydrogen-bond donors (Lipinski definition) is 2. The van der Waals surface area contributed by atoms with E-state index in [2.05, 4.69) is 34.6 Å². The van der Waals surface area contributed by atoms with Crippen molar-refractivity contribution in [3.05, 3.63) is 35.5 Å². The fraction of sp³-hybridized carbons (Fsp3) is 0.579. The van der Waals surface area contributed by atoms with Crippen LogP contribution in [0.3, 0.4) is 0 Å². The lowest BCUT2D eigenvalue weighted by Crippen LogP contribution is -2.38. The number of aromatic nitrogens is 1. The van der Waals surface area contributed by atoms with Gasteiger partial charge in [0.1, 0.15) is 0 Å². The van der Waals surface area contributed by atoms with E-state index in [1.165, 1.54) is 61.5 Å². The van der Waals surface area contributed by atoms with Crippen LogP contribution in [0.25, 0.3) is 10.9 Å². The Kier molecular flexibility index (Phi) is 2.69. The zero-order chi connectivity index (χ0) is 13.8. The Balaban J connectivity index is 1.47. The average Bonchev–Trinajstić information content (AvgIpc) is 3.20. The van der Waals surface area contributed by atoms with Gasteiger partial charge in [-0.15, -0.1) is 0 Å². The van der Waals surface area contributed by atoms with Crippen molar-refractivity contribution >= 4 is 10.9 Å². The first-order valence-electron chi connectivity index (χ1n) is 8.74. The first kappa shape index (κ1) is 12.3. The van der Waals surface area contributed by atoms with Crippen molar-refractivity contribution in [3.63, 3.8) is 0 Å². The molecular weight excluding hydrogens is 256 g/mol. The molecule has 2 bridgehead atoms. The van der Waals surface area contributed by atoms with E-state index in [9.17, 15) is 0 Å². The lowest BCUT2D eigenvalue weighted by atomic mass is 9.89. The largest absolute Gasteiger partial charge is 0.357 e. The van der Waals surface area contributed by atoms with Crippen molar-refractivity contribution in [1.82, 2.24) is 10.3 Å². The van der Waals surface area contributed by atoms with E-state index in [0.717, 1.165) is 17.9 Å². The summed E-state index contributed by atoms with van der Waals surface area (Å²) >= 11 is 0. The molecule has 0 saturated heterocycles. The van der Waals surface area contributed by atoms with Crippen LogP contribution in [0.15, 0.2) is 24.3 Å². The number of fused-ring (bicyclic) bond motifs is 5. The summed E-state index contributed by atoms with van der Waals surface area (Å²) in [6.07, 6.45) is 9.75. The third kappa shape index (κ3) is 1.88. The zero-order valence-corrected chi connectivity index (χ0v) is 12.6. The van der Waals surface area contributed by atoms with Gasteiger partial charge < -0.3 is 10.3 Å². The molecular formula is C19H24N2. The van der Waals surface area contributed by atoms with Crippen LogP contribution >= 0.6 is 0 Å². The summed E-state index contributed by atoms with van der Waals surface area (Å²) in [5, 5.41) is 5.49. The van der Waals surface area contributed by atoms with Gasteiger partial charge >= 0.3 is 0 Å². The summed E-state index contributed by atoms with van der Waals surface area (Å²) in [6, 6.07) is 10.2. The van der Waals surface area contributed by atoms with Gasteiger partial charge in [-0.3, -0.25) is 0 Å². The van der Waals surface area contributed by atoms with Crippen LogP contribution in [0.2, 0.25) is 0 Å². The zero-order valence-electron chi connectivity index (χ0n) is 12.6. The lowest BCUT2D eigenvalue weighted by molar-refractivity contribution is 0.302. The second kappa shape index (κ2) is 4.61. The summed E-state index contributed by atoms with van der Waals surface area (Å²) in [5.41, 5.74) is 4.40. The van der Waals surface area contributed by atoms with Crippen LogP contribution in [0, 0.1) is 11.8 Å². The SMILES string of the molecule is c1ccc2c3c([nH]c2c1)C(NC1CC2CCC1C2)CCC3. The standard InChI is InChI=1S/C19H24N2/c1-2-6-16-14(4-1)15-5-3-7-17(19(15)21-16)20-18-11-12-8-9-13(18)10-12/h1-2,4,6,12-13,17-18,20-21H,3,5,7-11H2. The van der Waals surface area contributed by atoms with Crippen molar-refractivity contribution in [2.24, 2.45) is 11.8 Å². The number of benzene rings is 1. The summed E-state index contributed by atoms with van der Waals surface area (Å²) in [4.78, 5) is 3.72. The number of rotatable bonds is 2. The smallest absolute Gasteiger partial charge is 0.0478 e. The van der Waals surface area contributed by atoms with Gasteiger partial charge in [0.2, 0.25) is 0 Å². The van der Waals surface area contributed by atoms with E-state index in [0.29, 0.717) is 6.04 Å². The minimum absolute atomic E-state index is 0.561. The quantitative estimate of drug-likeness (QED) is 0.842. The van der Waals surface area contributed by atoms with Crippen molar-refractivity contribution < 1.29 is 0 Å². The molecule has 3 aliphatic rings. The monoisotopic (exact) mass is 280 g/mol. The minimum atomic E-state index is 0.561. The van der Waals surface area contributed by atoms with E-state index in [1.54, 1.807) is 5.56 Å². The molecule has 2 heteroatoms. The van der Waals surface area contributed by atoms with Crippen LogP contribution in [-0.4, -0.2) is 11.0 Å². The molecule has 0 aliphatic heterocycles. The molecule has 1 aromatic heterocycles. The molecule has 2 aromatic rings. The molecule has 21 heavy (non-hydrogen) atoms. The molecule has 2 N–H and O–H groups in total. The molecule has 3 aliphatic carbocycles. The van der Waals surface area contributed by atoms with Crippen LogP contribution < -0.4 is 5.32 Å². The van der Waals surface area contributed by atoms with E-state index < -0.39 is 0 Å². The second-order valence-electron chi connectivity index (χ2n) is 7.46. The van der Waals surface area contributed by atoms with Crippen molar-refractivity contribution in [3.8, 4) is 0 Å². The molecule has 2 nitrogen and oxygen atoms in total. The first-order chi connectivity index (χ1) is 10.4. The fourth-order valence-corrected chi connectivity index (χ4v) is 5.29. The van der Waals surface area contributed by atoms with E-state index in [-0.39, 0.29) is 0 Å². The highest BCUT2D eigenvalue weighted by Gasteiger charge is 2.40. The fourth-order valence-electron chi connectivity index (χ4n) is 5.29. The van der Waals surface area contributed by atoms with Gasteiger partial charge in [0, 0.05) is 28.7 Å². The third-order valence-electron chi connectivity index (χ3n) is 6.27. The highest BCUT2D eigenvalue weighted by molar-refractivity contribution is 5.85. The number of aryl methyl sites for hydroxylation is 1. The van der Waals surface area contributed by atoms with E-state index in [1.807, 2.05) is 0 Å². The molecule has 2 fully saturated rings. The van der Waals surface area contributed by atoms with Gasteiger partial charge in [-0.05, 0) is 62.0 Å². The molecule has 0 spiro atoms. The molecule has 5 rings (SSSR count). The van der Waals surface area contributed by atoms with Crippen LogP contribution in [0.5, 0.6) is 0 Å². The minimum Gasteiger partial charge on any atom is -0.357 e. The Labute approximate surface area is 126 Å². The Morgan fingerprint density at radius 3 is 2.86 bits per heavy atom. The highest BCUT2D eigenvalue weighted by Crippen LogP contribution is 2.46. The summed E-state index contributed by atoms with van der Waals surface area (Å²) < 4.78 is 0. The number of aromatic amines is 1. The molecule has 110 valence electrons.